The lowest BCUT2D eigenvalue weighted by Gasteiger charge is -2.27. The fourth-order valence-corrected chi connectivity index (χ4v) is 4.88. The Bertz CT molecular complexity index is 1730. The zero-order chi connectivity index (χ0) is 25.7. The highest BCUT2D eigenvalue weighted by molar-refractivity contribution is 7.13. The van der Waals surface area contributed by atoms with Gasteiger partial charge >= 0.3 is 0 Å². The molecule has 0 radical (unpaired) electrons. The second kappa shape index (κ2) is 8.75. The molecule has 5 aromatic heterocycles. The van der Waals surface area contributed by atoms with Gasteiger partial charge in [0.15, 0.2) is 11.5 Å². The first-order valence-electron chi connectivity index (χ1n) is 11.7. The number of nitrogens with zero attached hydrogens (tertiary/aromatic N) is 4. The van der Waals surface area contributed by atoms with E-state index in [9.17, 15) is 5.11 Å². The summed E-state index contributed by atoms with van der Waals surface area (Å²) in [6.45, 7) is 5.80. The molecule has 186 valence electrons. The number of aromatic amines is 2. The molecule has 1 aromatic carbocycles. The second-order valence-electron chi connectivity index (χ2n) is 9.95. The maximum absolute atomic E-state index is 15.2. The van der Waals surface area contributed by atoms with E-state index in [1.165, 1.54) is 6.07 Å². The molecule has 0 aliphatic heterocycles. The number of imidazole rings is 1. The minimum atomic E-state index is -0.773. The van der Waals surface area contributed by atoms with Gasteiger partial charge in [-0.1, -0.05) is 26.8 Å². The number of fused-ring (bicyclic) bond motifs is 2. The van der Waals surface area contributed by atoms with E-state index in [0.29, 0.717) is 39.4 Å². The molecule has 0 bridgehead atoms. The number of pyridine rings is 2. The molecule has 8 nitrogen and oxygen atoms in total. The molecule has 6 rings (SSSR count). The Morgan fingerprint density at radius 3 is 2.76 bits per heavy atom. The molecule has 0 spiro atoms. The Hall–Kier alpha value is -4.15. The van der Waals surface area contributed by atoms with Crippen molar-refractivity contribution in [3.05, 3.63) is 66.2 Å². The second-order valence-corrected chi connectivity index (χ2v) is 10.9. The third kappa shape index (κ3) is 4.24. The standard InChI is InChI=1S/C27H24FN7OS/c1-27(2,3)26(36)31-16-9-15(12-29-13-16)14-10-18-21(19(28)11-14)34-35-23(18)25-32-22-17(20-5-4-8-37-20)6-7-30-24(22)33-25/h4-13,26,31,36H,1-3H3,(H,34,35)(H,30,32,33). The van der Waals surface area contributed by atoms with Gasteiger partial charge < -0.3 is 15.4 Å². The Morgan fingerprint density at radius 2 is 1.97 bits per heavy atom. The van der Waals surface area contributed by atoms with Crippen LogP contribution in [-0.4, -0.2) is 41.5 Å². The highest BCUT2D eigenvalue weighted by Crippen LogP contribution is 2.35. The van der Waals surface area contributed by atoms with E-state index in [2.05, 4.69) is 30.5 Å². The number of aliphatic hydroxyl groups excluding tert-OH is 1. The van der Waals surface area contributed by atoms with Crippen LogP contribution in [0, 0.1) is 11.2 Å². The van der Waals surface area contributed by atoms with Gasteiger partial charge in [0.2, 0.25) is 0 Å². The summed E-state index contributed by atoms with van der Waals surface area (Å²) >= 11 is 1.63. The molecule has 6 aromatic rings. The van der Waals surface area contributed by atoms with Crippen LogP contribution in [0.4, 0.5) is 10.1 Å². The average Bonchev–Trinajstić information content (AvgIpc) is 3.62. The van der Waals surface area contributed by atoms with Crippen LogP contribution in [0.5, 0.6) is 0 Å². The average molecular weight is 514 g/mol. The number of thiophene rings is 1. The van der Waals surface area contributed by atoms with Crippen molar-refractivity contribution in [2.75, 3.05) is 5.32 Å². The fourth-order valence-electron chi connectivity index (χ4n) is 4.13. The van der Waals surface area contributed by atoms with Gasteiger partial charge in [-0.3, -0.25) is 10.1 Å². The normalized spacial score (nSPS) is 12.9. The summed E-state index contributed by atoms with van der Waals surface area (Å²) in [6, 6.07) is 11.1. The molecule has 37 heavy (non-hydrogen) atoms. The minimum absolute atomic E-state index is 0.288. The number of benzene rings is 1. The van der Waals surface area contributed by atoms with Crippen LogP contribution in [0.1, 0.15) is 20.8 Å². The van der Waals surface area contributed by atoms with Gasteiger partial charge in [-0.05, 0) is 41.3 Å². The molecule has 0 amide bonds. The predicted molar refractivity (Wildman–Crippen MR) is 145 cm³/mol. The lowest BCUT2D eigenvalue weighted by molar-refractivity contribution is 0.0880. The summed E-state index contributed by atoms with van der Waals surface area (Å²) in [6.07, 6.45) is 4.26. The Kier molecular flexibility index (Phi) is 5.50. The van der Waals surface area contributed by atoms with Crippen molar-refractivity contribution in [3.63, 3.8) is 0 Å². The van der Waals surface area contributed by atoms with E-state index in [-0.39, 0.29) is 10.9 Å². The van der Waals surface area contributed by atoms with E-state index in [1.807, 2.05) is 56.5 Å². The van der Waals surface area contributed by atoms with Crippen LogP contribution in [0.3, 0.4) is 0 Å². The first-order valence-corrected chi connectivity index (χ1v) is 12.6. The first-order chi connectivity index (χ1) is 17.8. The third-order valence-corrected chi connectivity index (χ3v) is 7.12. The van der Waals surface area contributed by atoms with Gasteiger partial charge in [-0.2, -0.15) is 5.10 Å². The van der Waals surface area contributed by atoms with Crippen LogP contribution in [0.25, 0.3) is 55.2 Å². The Balaban J connectivity index is 1.43. The Labute approximate surface area is 215 Å². The van der Waals surface area contributed by atoms with Crippen molar-refractivity contribution in [2.45, 2.75) is 27.0 Å². The molecule has 1 unspecified atom stereocenters. The molecule has 4 N–H and O–H groups in total. The smallest absolute Gasteiger partial charge is 0.160 e. The van der Waals surface area contributed by atoms with E-state index >= 15 is 4.39 Å². The van der Waals surface area contributed by atoms with Crippen LogP contribution >= 0.6 is 11.3 Å². The topological polar surface area (TPSA) is 115 Å². The molecule has 10 heteroatoms. The number of rotatable bonds is 5. The number of H-pyrrole nitrogens is 2. The maximum Gasteiger partial charge on any atom is 0.160 e. The molecule has 0 saturated carbocycles. The molecule has 0 aliphatic rings. The number of hydrogen-bond acceptors (Lipinski definition) is 7. The number of hydrogen-bond donors (Lipinski definition) is 4. The number of aliphatic hydroxyl groups is 1. The monoisotopic (exact) mass is 513 g/mol. The SMILES string of the molecule is CC(C)(C)C(O)Nc1cncc(-c2cc(F)c3[nH]nc(-c4nc5c(-c6cccs6)ccnc5[nH]4)c3c2)c1. The van der Waals surface area contributed by atoms with E-state index in [4.69, 9.17) is 4.98 Å². The van der Waals surface area contributed by atoms with Gasteiger partial charge in [0.05, 0.1) is 11.9 Å². The number of anilines is 1. The molecular weight excluding hydrogens is 489 g/mol. The van der Waals surface area contributed by atoms with Gasteiger partial charge in [-0.15, -0.1) is 11.3 Å². The van der Waals surface area contributed by atoms with Crippen molar-refractivity contribution in [1.29, 1.82) is 0 Å². The predicted octanol–water partition coefficient (Wildman–Crippen LogP) is 6.21. The van der Waals surface area contributed by atoms with Crippen molar-refractivity contribution in [3.8, 4) is 33.1 Å². The lowest BCUT2D eigenvalue weighted by Crippen LogP contribution is -2.33. The largest absolute Gasteiger partial charge is 0.373 e. The quantitative estimate of drug-likeness (QED) is 0.204. The summed E-state index contributed by atoms with van der Waals surface area (Å²) in [5, 5.41) is 23.3. The number of aromatic nitrogens is 6. The van der Waals surface area contributed by atoms with Crippen molar-refractivity contribution in [1.82, 2.24) is 30.1 Å². The van der Waals surface area contributed by atoms with E-state index in [1.54, 1.807) is 29.9 Å². The zero-order valence-electron chi connectivity index (χ0n) is 20.4. The fraction of sp³-hybridized carbons (Fsp3) is 0.185. The van der Waals surface area contributed by atoms with Crippen LogP contribution in [0.2, 0.25) is 0 Å². The molecule has 5 heterocycles. The maximum atomic E-state index is 15.2. The Morgan fingerprint density at radius 1 is 1.11 bits per heavy atom. The molecule has 0 aliphatic carbocycles. The summed E-state index contributed by atoms with van der Waals surface area (Å²) in [5.74, 6) is 0.0593. The van der Waals surface area contributed by atoms with Gasteiger partial charge in [-0.25, -0.2) is 14.4 Å². The van der Waals surface area contributed by atoms with Gasteiger partial charge in [0.1, 0.15) is 28.8 Å². The highest BCUT2D eigenvalue weighted by atomic mass is 32.1. The number of halogens is 1. The molecule has 0 fully saturated rings. The molecular formula is C27H24FN7OS. The minimum Gasteiger partial charge on any atom is -0.373 e. The summed E-state index contributed by atoms with van der Waals surface area (Å²) in [4.78, 5) is 17.9. The lowest BCUT2D eigenvalue weighted by atomic mass is 9.94. The third-order valence-electron chi connectivity index (χ3n) is 6.22. The summed E-state index contributed by atoms with van der Waals surface area (Å²) in [5.41, 5.74) is 4.72. The van der Waals surface area contributed by atoms with Crippen molar-refractivity contribution in [2.24, 2.45) is 5.41 Å². The van der Waals surface area contributed by atoms with Crippen LogP contribution in [0.15, 0.2) is 60.4 Å². The number of nitrogens with one attached hydrogen (secondary N) is 3. The molecule has 0 saturated heterocycles. The zero-order valence-corrected chi connectivity index (χ0v) is 21.2. The van der Waals surface area contributed by atoms with Crippen molar-refractivity contribution >= 4 is 39.1 Å². The van der Waals surface area contributed by atoms with E-state index < -0.39 is 12.0 Å². The first kappa shape index (κ1) is 23.3. The van der Waals surface area contributed by atoms with Crippen LogP contribution in [-0.2, 0) is 0 Å². The summed E-state index contributed by atoms with van der Waals surface area (Å²) < 4.78 is 15.2. The van der Waals surface area contributed by atoms with E-state index in [0.717, 1.165) is 16.0 Å². The van der Waals surface area contributed by atoms with Crippen LogP contribution < -0.4 is 5.32 Å². The van der Waals surface area contributed by atoms with Crippen molar-refractivity contribution < 1.29 is 9.50 Å². The van der Waals surface area contributed by atoms with Gasteiger partial charge in [0.25, 0.3) is 0 Å². The van der Waals surface area contributed by atoms with Gasteiger partial charge in [0, 0.05) is 39.2 Å². The summed E-state index contributed by atoms with van der Waals surface area (Å²) in [7, 11) is 0. The molecule has 1 atom stereocenters. The highest BCUT2D eigenvalue weighted by Gasteiger charge is 2.22.